The van der Waals surface area contributed by atoms with E-state index in [1.54, 1.807) is 0 Å². The number of halogens is 2. The van der Waals surface area contributed by atoms with E-state index < -0.39 is 18.6 Å². The van der Waals surface area contributed by atoms with Gasteiger partial charge in [0.05, 0.1) is 12.2 Å². The number of rotatable bonds is 9. The lowest BCUT2D eigenvalue weighted by Crippen LogP contribution is -2.42. The van der Waals surface area contributed by atoms with E-state index in [1.165, 1.54) is 0 Å². The molecule has 0 saturated carbocycles. The van der Waals surface area contributed by atoms with Gasteiger partial charge in [0.15, 0.2) is 0 Å². The molecule has 0 radical (unpaired) electrons. The van der Waals surface area contributed by atoms with Crippen LogP contribution in [0.5, 0.6) is 0 Å². The van der Waals surface area contributed by atoms with E-state index in [-0.39, 0.29) is 25.5 Å². The summed E-state index contributed by atoms with van der Waals surface area (Å²) in [7, 11) is 0. The predicted molar refractivity (Wildman–Crippen MR) is 60.0 cm³/mol. The highest BCUT2D eigenvalue weighted by atomic mass is 19.3. The summed E-state index contributed by atoms with van der Waals surface area (Å²) < 4.78 is 28.0. The van der Waals surface area contributed by atoms with E-state index in [9.17, 15) is 18.7 Å². The molecule has 0 atom stereocenters. The van der Waals surface area contributed by atoms with E-state index in [0.717, 1.165) is 0 Å². The second-order valence-electron chi connectivity index (χ2n) is 3.92. The van der Waals surface area contributed by atoms with Crippen LogP contribution in [0.4, 0.5) is 8.78 Å². The van der Waals surface area contributed by atoms with Crippen LogP contribution in [-0.2, 0) is 9.53 Å². The van der Waals surface area contributed by atoms with Gasteiger partial charge in [0, 0.05) is 13.0 Å². The van der Waals surface area contributed by atoms with Crippen LogP contribution in [0.3, 0.4) is 0 Å². The van der Waals surface area contributed by atoms with E-state index in [1.807, 2.05) is 13.8 Å². The Hall–Kier alpha value is -0.750. The van der Waals surface area contributed by atoms with Gasteiger partial charge >= 0.3 is 0 Å². The Balaban J connectivity index is 3.66. The lowest BCUT2D eigenvalue weighted by molar-refractivity contribution is -0.123. The van der Waals surface area contributed by atoms with Crippen molar-refractivity contribution in [1.82, 2.24) is 5.32 Å². The van der Waals surface area contributed by atoms with Gasteiger partial charge in [0.25, 0.3) is 6.43 Å². The molecule has 0 aromatic carbocycles. The monoisotopic (exact) mass is 253 g/mol. The highest BCUT2D eigenvalue weighted by Gasteiger charge is 2.22. The number of alkyl halides is 2. The fourth-order valence-corrected chi connectivity index (χ4v) is 1.19. The van der Waals surface area contributed by atoms with Gasteiger partial charge in [-0.25, -0.2) is 8.78 Å². The second-order valence-corrected chi connectivity index (χ2v) is 3.92. The molecule has 1 amide bonds. The Bertz CT molecular complexity index is 221. The molecule has 0 aliphatic rings. The number of carbonyl (C=O) groups is 1. The lowest BCUT2D eigenvalue weighted by Gasteiger charge is -2.25. The second kappa shape index (κ2) is 8.36. The zero-order valence-corrected chi connectivity index (χ0v) is 10.3. The number of aliphatic hydroxyl groups is 1. The van der Waals surface area contributed by atoms with Gasteiger partial charge in [-0.05, 0) is 12.8 Å². The SMILES string of the molecule is CCC(O)(CC)CNC(=O)CCOCC(F)F. The minimum absolute atomic E-state index is 0.0240. The number of hydrogen-bond acceptors (Lipinski definition) is 3. The average molecular weight is 253 g/mol. The summed E-state index contributed by atoms with van der Waals surface area (Å²) >= 11 is 0. The van der Waals surface area contributed by atoms with Gasteiger partial charge < -0.3 is 15.2 Å². The highest BCUT2D eigenvalue weighted by molar-refractivity contribution is 5.76. The molecule has 0 unspecified atom stereocenters. The largest absolute Gasteiger partial charge is 0.388 e. The molecule has 102 valence electrons. The molecule has 0 bridgehead atoms. The molecule has 0 aromatic rings. The van der Waals surface area contributed by atoms with Crippen LogP contribution in [-0.4, -0.2) is 42.8 Å². The van der Waals surface area contributed by atoms with Crippen molar-refractivity contribution in [3.8, 4) is 0 Å². The lowest BCUT2D eigenvalue weighted by atomic mass is 9.97. The fourth-order valence-electron chi connectivity index (χ4n) is 1.19. The topological polar surface area (TPSA) is 58.6 Å². The maximum Gasteiger partial charge on any atom is 0.261 e. The summed E-state index contributed by atoms with van der Waals surface area (Å²) in [5, 5.41) is 12.4. The van der Waals surface area contributed by atoms with Crippen LogP contribution in [0.15, 0.2) is 0 Å². The number of ether oxygens (including phenoxy) is 1. The molecule has 0 saturated heterocycles. The molecule has 6 heteroatoms. The molecule has 0 aliphatic heterocycles. The third-order valence-electron chi connectivity index (χ3n) is 2.65. The molecule has 0 heterocycles. The minimum atomic E-state index is -2.51. The molecule has 0 aromatic heterocycles. The zero-order valence-electron chi connectivity index (χ0n) is 10.3. The molecule has 0 spiro atoms. The predicted octanol–water partition coefficient (Wildman–Crippen LogP) is 1.33. The van der Waals surface area contributed by atoms with Crippen LogP contribution in [0, 0.1) is 0 Å². The summed E-state index contributed by atoms with van der Waals surface area (Å²) in [6.45, 7) is 3.16. The van der Waals surface area contributed by atoms with Crippen molar-refractivity contribution in [3.63, 3.8) is 0 Å². The molecule has 0 aliphatic carbocycles. The Morgan fingerprint density at radius 3 is 2.47 bits per heavy atom. The van der Waals surface area contributed by atoms with E-state index >= 15 is 0 Å². The Morgan fingerprint density at radius 2 is 2.00 bits per heavy atom. The van der Waals surface area contributed by atoms with Crippen LogP contribution in [0.25, 0.3) is 0 Å². The van der Waals surface area contributed by atoms with Crippen LogP contribution < -0.4 is 5.32 Å². The summed E-state index contributed by atoms with van der Waals surface area (Å²) in [4.78, 5) is 11.3. The van der Waals surface area contributed by atoms with E-state index in [2.05, 4.69) is 10.1 Å². The molecule has 17 heavy (non-hydrogen) atoms. The zero-order chi connectivity index (χ0) is 13.3. The first-order valence-corrected chi connectivity index (χ1v) is 5.78. The molecule has 0 rings (SSSR count). The quantitative estimate of drug-likeness (QED) is 0.609. The van der Waals surface area contributed by atoms with Gasteiger partial charge in [-0.1, -0.05) is 13.8 Å². The molecular weight excluding hydrogens is 232 g/mol. The van der Waals surface area contributed by atoms with Crippen molar-refractivity contribution >= 4 is 5.91 Å². The van der Waals surface area contributed by atoms with Crippen molar-refractivity contribution in [3.05, 3.63) is 0 Å². The maximum absolute atomic E-state index is 11.7. The van der Waals surface area contributed by atoms with E-state index in [4.69, 9.17) is 0 Å². The number of nitrogens with one attached hydrogen (secondary N) is 1. The van der Waals surface area contributed by atoms with Gasteiger partial charge in [0.1, 0.15) is 6.61 Å². The Labute approximate surface area is 100 Å². The van der Waals surface area contributed by atoms with E-state index in [0.29, 0.717) is 12.8 Å². The summed E-state index contributed by atoms with van der Waals surface area (Å²) in [6, 6.07) is 0. The van der Waals surface area contributed by atoms with Gasteiger partial charge in [-0.2, -0.15) is 0 Å². The minimum Gasteiger partial charge on any atom is -0.388 e. The van der Waals surface area contributed by atoms with Gasteiger partial charge in [0.2, 0.25) is 5.91 Å². The average Bonchev–Trinajstić information content (AvgIpc) is 2.31. The third-order valence-corrected chi connectivity index (χ3v) is 2.65. The van der Waals surface area contributed by atoms with Crippen molar-refractivity contribution in [2.45, 2.75) is 45.1 Å². The molecular formula is C11H21F2NO3. The van der Waals surface area contributed by atoms with Crippen molar-refractivity contribution in [1.29, 1.82) is 0 Å². The first-order chi connectivity index (χ1) is 7.93. The fraction of sp³-hybridized carbons (Fsp3) is 0.909. The molecule has 2 N–H and O–H groups in total. The number of amides is 1. The van der Waals surface area contributed by atoms with Crippen LogP contribution in [0.2, 0.25) is 0 Å². The first-order valence-electron chi connectivity index (χ1n) is 5.78. The highest BCUT2D eigenvalue weighted by Crippen LogP contribution is 2.12. The van der Waals surface area contributed by atoms with Crippen molar-refractivity contribution in [2.24, 2.45) is 0 Å². The van der Waals surface area contributed by atoms with Crippen molar-refractivity contribution < 1.29 is 23.4 Å². The summed E-state index contributed by atoms with van der Waals surface area (Å²) in [6.07, 6.45) is -1.39. The van der Waals surface area contributed by atoms with Gasteiger partial charge in [-0.3, -0.25) is 4.79 Å². The Morgan fingerprint density at radius 1 is 1.41 bits per heavy atom. The third kappa shape index (κ3) is 8.04. The normalized spacial score (nSPS) is 11.9. The summed E-state index contributed by atoms with van der Waals surface area (Å²) in [5.74, 6) is -0.306. The maximum atomic E-state index is 11.7. The summed E-state index contributed by atoms with van der Waals surface area (Å²) in [5.41, 5.74) is -0.889. The van der Waals surface area contributed by atoms with Crippen LogP contribution >= 0.6 is 0 Å². The van der Waals surface area contributed by atoms with Gasteiger partial charge in [-0.15, -0.1) is 0 Å². The number of carbonyl (C=O) groups excluding carboxylic acids is 1. The Kier molecular flexibility index (Phi) is 7.99. The standard InChI is InChI=1S/C11H21F2NO3/c1-3-11(16,4-2)8-14-10(15)5-6-17-7-9(12)13/h9,16H,3-8H2,1-2H3,(H,14,15). The molecule has 0 fully saturated rings. The number of hydrogen-bond donors (Lipinski definition) is 2. The van der Waals surface area contributed by atoms with Crippen molar-refractivity contribution in [2.75, 3.05) is 19.8 Å². The van der Waals surface area contributed by atoms with Crippen LogP contribution in [0.1, 0.15) is 33.1 Å². The smallest absolute Gasteiger partial charge is 0.261 e. The molecule has 4 nitrogen and oxygen atoms in total. The first kappa shape index (κ1) is 16.2.